The number of hydrogen-bond acceptors (Lipinski definition) is 6. The predicted octanol–water partition coefficient (Wildman–Crippen LogP) is 2.57. The van der Waals surface area contributed by atoms with Crippen LogP contribution in [0, 0.1) is 0 Å². The second kappa shape index (κ2) is 7.44. The van der Waals surface area contributed by atoms with Crippen molar-refractivity contribution >= 4 is 6.09 Å². The lowest BCUT2D eigenvalue weighted by molar-refractivity contribution is 0.0629. The highest BCUT2D eigenvalue weighted by atomic mass is 16.6. The Bertz CT molecular complexity index is 665. The van der Waals surface area contributed by atoms with E-state index in [1.165, 1.54) is 0 Å². The number of piperazine rings is 1. The van der Waals surface area contributed by atoms with Crippen LogP contribution in [0.15, 0.2) is 34.9 Å². The Morgan fingerprint density at radius 2 is 1.96 bits per heavy atom. The van der Waals surface area contributed by atoms with Gasteiger partial charge in [-0.15, -0.1) is 0 Å². The highest BCUT2D eigenvalue weighted by Gasteiger charge is 2.28. The predicted molar refractivity (Wildman–Crippen MR) is 88.3 cm³/mol. The number of benzene rings is 1. The molecule has 1 unspecified atom stereocenters. The van der Waals surface area contributed by atoms with E-state index in [0.717, 1.165) is 18.7 Å². The van der Waals surface area contributed by atoms with Crippen molar-refractivity contribution in [2.75, 3.05) is 32.8 Å². The molecule has 0 bridgehead atoms. The fourth-order valence-corrected chi connectivity index (χ4v) is 2.77. The zero-order chi connectivity index (χ0) is 16.9. The van der Waals surface area contributed by atoms with E-state index in [1.54, 1.807) is 4.90 Å². The van der Waals surface area contributed by atoms with Gasteiger partial charge < -0.3 is 14.2 Å². The van der Waals surface area contributed by atoms with E-state index < -0.39 is 0 Å². The molecule has 1 saturated heterocycles. The molecule has 1 aliphatic heterocycles. The number of rotatable bonds is 4. The second-order valence-corrected chi connectivity index (χ2v) is 5.72. The maximum Gasteiger partial charge on any atom is 0.409 e. The third-order valence-corrected chi connectivity index (χ3v) is 4.22. The molecule has 0 saturated carbocycles. The summed E-state index contributed by atoms with van der Waals surface area (Å²) in [6.07, 6.45) is -0.242. The standard InChI is InChI=1S/C17H22N4O3/c1-3-23-17(22)21-11-9-20(10-12-21)13(2)16-18-15(19-24-16)14-7-5-4-6-8-14/h4-8,13H,3,9-12H2,1-2H3. The molecule has 2 heterocycles. The Labute approximate surface area is 141 Å². The molecule has 1 amide bonds. The van der Waals surface area contributed by atoms with Gasteiger partial charge in [0.25, 0.3) is 0 Å². The quantitative estimate of drug-likeness (QED) is 0.858. The summed E-state index contributed by atoms with van der Waals surface area (Å²) in [5.74, 6) is 1.20. The van der Waals surface area contributed by atoms with Crippen LogP contribution in [0.4, 0.5) is 4.79 Å². The van der Waals surface area contributed by atoms with Gasteiger partial charge in [-0.2, -0.15) is 4.98 Å². The van der Waals surface area contributed by atoms with Gasteiger partial charge in [0.15, 0.2) is 0 Å². The van der Waals surface area contributed by atoms with Crippen LogP contribution in [0.3, 0.4) is 0 Å². The first-order valence-electron chi connectivity index (χ1n) is 8.23. The Morgan fingerprint density at radius 1 is 1.25 bits per heavy atom. The van der Waals surface area contributed by atoms with Gasteiger partial charge in [0, 0.05) is 31.7 Å². The first-order chi connectivity index (χ1) is 11.7. The summed E-state index contributed by atoms with van der Waals surface area (Å²) in [5, 5.41) is 4.07. The van der Waals surface area contributed by atoms with Crippen LogP contribution in [0.25, 0.3) is 11.4 Å². The number of hydrogen-bond donors (Lipinski definition) is 0. The summed E-state index contributed by atoms with van der Waals surface area (Å²) in [6.45, 7) is 7.05. The Balaban J connectivity index is 1.61. The van der Waals surface area contributed by atoms with Crippen molar-refractivity contribution in [3.8, 4) is 11.4 Å². The van der Waals surface area contributed by atoms with Gasteiger partial charge >= 0.3 is 6.09 Å². The minimum absolute atomic E-state index is 0.0132. The molecular weight excluding hydrogens is 308 g/mol. The highest BCUT2D eigenvalue weighted by molar-refractivity contribution is 5.67. The lowest BCUT2D eigenvalue weighted by atomic mass is 10.2. The van der Waals surface area contributed by atoms with E-state index in [4.69, 9.17) is 9.26 Å². The summed E-state index contributed by atoms with van der Waals surface area (Å²) >= 11 is 0. The fraction of sp³-hybridized carbons (Fsp3) is 0.471. The monoisotopic (exact) mass is 330 g/mol. The molecule has 0 aliphatic carbocycles. The lowest BCUT2D eigenvalue weighted by Gasteiger charge is -2.36. The molecule has 1 aromatic heterocycles. The number of nitrogens with zero attached hydrogens (tertiary/aromatic N) is 4. The van der Waals surface area contributed by atoms with Gasteiger partial charge in [-0.3, -0.25) is 4.90 Å². The molecule has 24 heavy (non-hydrogen) atoms. The molecule has 2 aromatic rings. The molecule has 1 atom stereocenters. The van der Waals surface area contributed by atoms with Crippen molar-refractivity contribution in [1.29, 1.82) is 0 Å². The summed E-state index contributed by atoms with van der Waals surface area (Å²) in [6, 6.07) is 9.77. The van der Waals surface area contributed by atoms with E-state index in [9.17, 15) is 4.79 Å². The normalized spacial score (nSPS) is 16.8. The SMILES string of the molecule is CCOC(=O)N1CCN(C(C)c2nc(-c3ccccc3)no2)CC1. The smallest absolute Gasteiger partial charge is 0.409 e. The molecule has 7 nitrogen and oxygen atoms in total. The Hall–Kier alpha value is -2.41. The molecule has 1 fully saturated rings. The van der Waals surface area contributed by atoms with Gasteiger partial charge in [0.05, 0.1) is 12.6 Å². The Kier molecular flexibility index (Phi) is 5.10. The minimum atomic E-state index is -0.242. The lowest BCUT2D eigenvalue weighted by Crippen LogP contribution is -2.49. The maximum atomic E-state index is 11.7. The van der Waals surface area contributed by atoms with Crippen molar-refractivity contribution in [3.63, 3.8) is 0 Å². The van der Waals surface area contributed by atoms with Gasteiger partial charge in [0.2, 0.25) is 11.7 Å². The van der Waals surface area contributed by atoms with Gasteiger partial charge in [-0.1, -0.05) is 35.5 Å². The number of aromatic nitrogens is 2. The molecule has 0 radical (unpaired) electrons. The van der Waals surface area contributed by atoms with E-state index in [2.05, 4.69) is 15.0 Å². The topological polar surface area (TPSA) is 71.7 Å². The zero-order valence-corrected chi connectivity index (χ0v) is 14.0. The van der Waals surface area contributed by atoms with Crippen molar-refractivity contribution in [3.05, 3.63) is 36.2 Å². The van der Waals surface area contributed by atoms with Crippen molar-refractivity contribution in [2.24, 2.45) is 0 Å². The molecule has 0 N–H and O–H groups in total. The van der Waals surface area contributed by atoms with Crippen molar-refractivity contribution < 1.29 is 14.1 Å². The van der Waals surface area contributed by atoms with E-state index >= 15 is 0 Å². The number of ether oxygens (including phenoxy) is 1. The summed E-state index contributed by atoms with van der Waals surface area (Å²) in [5.41, 5.74) is 0.937. The minimum Gasteiger partial charge on any atom is -0.450 e. The molecule has 1 aromatic carbocycles. The summed E-state index contributed by atoms with van der Waals surface area (Å²) in [7, 11) is 0. The summed E-state index contributed by atoms with van der Waals surface area (Å²) in [4.78, 5) is 20.2. The van der Waals surface area contributed by atoms with Gasteiger partial charge in [-0.05, 0) is 13.8 Å². The first-order valence-corrected chi connectivity index (χ1v) is 8.23. The molecule has 3 rings (SSSR count). The molecule has 128 valence electrons. The highest BCUT2D eigenvalue weighted by Crippen LogP contribution is 2.23. The number of carbonyl (C=O) groups excluding carboxylic acids is 1. The molecule has 1 aliphatic rings. The number of carbonyl (C=O) groups is 1. The van der Waals surface area contributed by atoms with Crippen LogP contribution in [-0.4, -0.2) is 58.8 Å². The molecule has 0 spiro atoms. The average Bonchev–Trinajstić information content (AvgIpc) is 3.12. The van der Waals surface area contributed by atoms with Gasteiger partial charge in [-0.25, -0.2) is 4.79 Å². The average molecular weight is 330 g/mol. The van der Waals surface area contributed by atoms with Crippen LogP contribution in [0.1, 0.15) is 25.8 Å². The van der Waals surface area contributed by atoms with Crippen LogP contribution in [0.5, 0.6) is 0 Å². The molecular formula is C17H22N4O3. The van der Waals surface area contributed by atoms with Crippen LogP contribution in [0.2, 0.25) is 0 Å². The van der Waals surface area contributed by atoms with Crippen molar-refractivity contribution in [1.82, 2.24) is 19.9 Å². The maximum absolute atomic E-state index is 11.7. The van der Waals surface area contributed by atoms with Crippen LogP contribution >= 0.6 is 0 Å². The second-order valence-electron chi connectivity index (χ2n) is 5.72. The van der Waals surface area contributed by atoms with E-state index in [1.807, 2.05) is 44.2 Å². The first kappa shape index (κ1) is 16.4. The Morgan fingerprint density at radius 3 is 2.62 bits per heavy atom. The number of amides is 1. The zero-order valence-electron chi connectivity index (χ0n) is 14.0. The third kappa shape index (κ3) is 3.56. The van der Waals surface area contributed by atoms with E-state index in [-0.39, 0.29) is 12.1 Å². The summed E-state index contributed by atoms with van der Waals surface area (Å²) < 4.78 is 10.5. The third-order valence-electron chi connectivity index (χ3n) is 4.22. The van der Waals surface area contributed by atoms with Crippen LogP contribution < -0.4 is 0 Å². The molecule has 7 heteroatoms. The van der Waals surface area contributed by atoms with E-state index in [0.29, 0.717) is 31.4 Å². The largest absolute Gasteiger partial charge is 0.450 e. The van der Waals surface area contributed by atoms with Crippen molar-refractivity contribution in [2.45, 2.75) is 19.9 Å². The fourth-order valence-electron chi connectivity index (χ4n) is 2.77. The van der Waals surface area contributed by atoms with Gasteiger partial charge in [0.1, 0.15) is 0 Å². The van der Waals surface area contributed by atoms with Crippen LogP contribution in [-0.2, 0) is 4.74 Å².